The molecule has 2 saturated heterocycles. The Balaban J connectivity index is 1.25. The van der Waals surface area contributed by atoms with Gasteiger partial charge in [0.25, 0.3) is 17.9 Å². The van der Waals surface area contributed by atoms with E-state index >= 15 is 0 Å². The Hall–Kier alpha value is -5.00. The zero-order chi connectivity index (χ0) is 36.9. The number of carboxylic acids is 1. The van der Waals surface area contributed by atoms with Crippen LogP contribution in [-0.2, 0) is 40.4 Å². The molecule has 2 amide bonds. The number of hydrogen-bond acceptors (Lipinski definition) is 17. The molecule has 3 aromatic rings. The summed E-state index contributed by atoms with van der Waals surface area (Å²) in [5, 5.41) is 24.1. The largest absolute Gasteiger partial charge is 0.724 e. The number of nitrogens with one attached hydrogen (secondary N) is 3. The van der Waals surface area contributed by atoms with Crippen LogP contribution in [-0.4, -0.2) is 107 Å². The third kappa shape index (κ3) is 9.03. The molecular formula is C29H36N10O10S2. The Morgan fingerprint density at radius 1 is 1.27 bits per heavy atom. The molecule has 1 aromatic carbocycles. The number of carbonyl (C=O) groups is 3. The van der Waals surface area contributed by atoms with Gasteiger partial charge in [0.15, 0.2) is 10.8 Å². The average Bonchev–Trinajstić information content (AvgIpc) is 3.49. The number of β-lactam (4-membered cyclic amide) rings is 1. The number of carbonyl (C=O) groups excluding carboxylic acids is 2. The lowest BCUT2D eigenvalue weighted by Gasteiger charge is -2.51. The smallest absolute Gasteiger partial charge is 0.391 e. The predicted octanol–water partition coefficient (Wildman–Crippen LogP) is -1.58. The van der Waals surface area contributed by atoms with E-state index < -0.39 is 58.2 Å². The second-order valence-electron chi connectivity index (χ2n) is 12.0. The molecule has 2 aromatic heterocycles. The van der Waals surface area contributed by atoms with Crippen molar-refractivity contribution in [1.82, 2.24) is 25.7 Å². The van der Waals surface area contributed by atoms with Gasteiger partial charge in [0.05, 0.1) is 24.8 Å². The van der Waals surface area contributed by atoms with Crippen molar-refractivity contribution in [3.63, 3.8) is 0 Å². The number of nitrogens with zero attached hydrogens (tertiary/aromatic N) is 5. The number of hydroxylamine groups is 2. The maximum Gasteiger partial charge on any atom is 0.391 e. The molecule has 274 valence electrons. The van der Waals surface area contributed by atoms with Gasteiger partial charge in [-0.2, -0.15) is 9.35 Å². The summed E-state index contributed by atoms with van der Waals surface area (Å²) in [6.07, 6.45) is 2.04. The number of benzene rings is 1. The molecule has 8 N–H and O–H groups in total. The summed E-state index contributed by atoms with van der Waals surface area (Å²) in [6.45, 7) is 5.82. The van der Waals surface area contributed by atoms with Gasteiger partial charge in [-0.15, -0.1) is 11.3 Å². The summed E-state index contributed by atoms with van der Waals surface area (Å²) in [5.74, 6) is -2.02. The van der Waals surface area contributed by atoms with Crippen molar-refractivity contribution in [2.45, 2.75) is 38.1 Å². The van der Waals surface area contributed by atoms with Gasteiger partial charge in [0.2, 0.25) is 10.4 Å². The van der Waals surface area contributed by atoms with E-state index in [9.17, 15) is 32.5 Å². The number of aliphatic carboxylic acids is 1. The molecule has 4 heterocycles. The number of nitrogens with two attached hydrogens (primary N) is 2. The van der Waals surface area contributed by atoms with Crippen molar-refractivity contribution in [1.29, 1.82) is 0 Å². The number of hydrogen-bond donors (Lipinski definition) is 6. The fourth-order valence-corrected chi connectivity index (χ4v) is 6.03. The van der Waals surface area contributed by atoms with E-state index in [1.165, 1.54) is 19.2 Å². The number of aromatic nitrogens is 3. The number of nitrogen functional groups attached to an aromatic ring is 1. The molecule has 22 heteroatoms. The van der Waals surface area contributed by atoms with Gasteiger partial charge in [-0.1, -0.05) is 22.3 Å². The van der Waals surface area contributed by atoms with Crippen molar-refractivity contribution in [2.75, 3.05) is 43.8 Å². The number of anilines is 2. The topological polar surface area (TPSA) is 290 Å². The highest BCUT2D eigenvalue weighted by atomic mass is 32.3. The zero-order valence-corrected chi connectivity index (χ0v) is 29.0. The number of thiazole rings is 1. The molecule has 2 aliphatic rings. The first-order valence-corrected chi connectivity index (χ1v) is 17.6. The maximum atomic E-state index is 13.3. The zero-order valence-electron chi connectivity index (χ0n) is 27.3. The summed E-state index contributed by atoms with van der Waals surface area (Å²) in [5.41, 5.74) is 10.9. The van der Waals surface area contributed by atoms with Crippen LogP contribution in [0, 0.1) is 5.92 Å². The van der Waals surface area contributed by atoms with Crippen molar-refractivity contribution >= 4 is 56.3 Å². The van der Waals surface area contributed by atoms with Gasteiger partial charge in [-0.3, -0.25) is 14.9 Å². The first kappa shape index (κ1) is 37.3. The van der Waals surface area contributed by atoms with Gasteiger partial charge in [0.1, 0.15) is 30.3 Å². The Labute approximate surface area is 295 Å². The third-order valence-electron chi connectivity index (χ3n) is 7.87. The lowest BCUT2D eigenvalue weighted by molar-refractivity contribution is -0.692. The van der Waals surface area contributed by atoms with Gasteiger partial charge in [-0.25, -0.2) is 22.8 Å². The van der Waals surface area contributed by atoms with E-state index in [1.807, 2.05) is 6.20 Å². The van der Waals surface area contributed by atoms with Crippen LogP contribution in [0.5, 0.6) is 5.75 Å². The molecule has 0 saturated carbocycles. The first-order chi connectivity index (χ1) is 24.2. The lowest BCUT2D eigenvalue weighted by Crippen LogP contribution is -2.76. The quantitative estimate of drug-likeness (QED) is 0.0227. The second-order valence-corrected chi connectivity index (χ2v) is 13.9. The highest BCUT2D eigenvalue weighted by molar-refractivity contribution is 7.80. The molecule has 2 atom stereocenters. The van der Waals surface area contributed by atoms with Gasteiger partial charge in [-0.05, 0) is 31.5 Å². The number of ether oxygens (including phenoxy) is 1. The molecule has 2 aliphatic heterocycles. The van der Waals surface area contributed by atoms with Crippen molar-refractivity contribution < 1.29 is 50.9 Å². The van der Waals surface area contributed by atoms with Crippen LogP contribution < -0.4 is 36.7 Å². The van der Waals surface area contributed by atoms with Crippen molar-refractivity contribution in [3.8, 4) is 16.9 Å². The SMILES string of the molecule is CC1(C)[C@H](NC(=O)/C(=N\OC(COc2ccc(-c3cnc(NCCN)[n+](CC4CNC4)c3)cc2)C(=O)O)c2csc(N)n2)C(=O)N1OS(=O)(=O)[O-]. The highest BCUT2D eigenvalue weighted by Crippen LogP contribution is 2.33. The second kappa shape index (κ2) is 15.5. The van der Waals surface area contributed by atoms with Crippen LogP contribution in [0.15, 0.2) is 47.2 Å². The van der Waals surface area contributed by atoms with E-state index in [4.69, 9.17) is 21.0 Å². The van der Waals surface area contributed by atoms with E-state index in [0.29, 0.717) is 35.8 Å². The van der Waals surface area contributed by atoms with Crippen LogP contribution in [0.25, 0.3) is 11.1 Å². The molecule has 0 aliphatic carbocycles. The molecule has 51 heavy (non-hydrogen) atoms. The van der Waals surface area contributed by atoms with Crippen LogP contribution >= 0.6 is 11.3 Å². The fraction of sp³-hybridized carbons (Fsp3) is 0.414. The minimum absolute atomic E-state index is 0.0489. The average molecular weight is 749 g/mol. The summed E-state index contributed by atoms with van der Waals surface area (Å²) in [7, 11) is -5.27. The molecule has 0 radical (unpaired) electrons. The number of rotatable bonds is 17. The summed E-state index contributed by atoms with van der Waals surface area (Å²) in [6, 6.07) is 5.53. The number of carboxylic acid groups (broad SMARTS) is 1. The van der Waals surface area contributed by atoms with Crippen LogP contribution in [0.2, 0.25) is 0 Å². The molecule has 0 bridgehead atoms. The normalized spacial score (nSPS) is 18.0. The summed E-state index contributed by atoms with van der Waals surface area (Å²) < 4.78 is 45.0. The molecule has 1 unspecified atom stereocenters. The fourth-order valence-electron chi connectivity index (χ4n) is 5.04. The predicted molar refractivity (Wildman–Crippen MR) is 178 cm³/mol. The van der Waals surface area contributed by atoms with Crippen LogP contribution in [0.1, 0.15) is 19.5 Å². The minimum Gasteiger partial charge on any atom is -0.724 e. The van der Waals surface area contributed by atoms with E-state index in [0.717, 1.165) is 42.1 Å². The molecule has 5 rings (SSSR count). The lowest BCUT2D eigenvalue weighted by atomic mass is 9.84. The molecular weight excluding hydrogens is 713 g/mol. The standard InChI is InChI=1S/C29H36N10O10S2/c1-29(2)23(25(41)39(29)49-51(44,45)46)36-24(40)22(20-15-50-27(31)35-20)37-48-21(26(42)43)14-47-19-5-3-17(4-6-19)18-11-34-28(33-8-7-30)38(13-18)12-16-9-32-10-16/h3-6,11,13,15-16,21,23,32H,7-10,12,14,30H2,1-2H3,(H5,31,35,36,40,42,43,44,45,46)/b37-22-/t21?,23-/m1/s1. The van der Waals surface area contributed by atoms with E-state index in [-0.39, 0.29) is 10.8 Å². The monoisotopic (exact) mass is 748 g/mol. The molecule has 0 spiro atoms. The Kier molecular flexibility index (Phi) is 11.3. The van der Waals surface area contributed by atoms with Crippen molar-refractivity contribution in [2.24, 2.45) is 16.8 Å². The van der Waals surface area contributed by atoms with E-state index in [2.05, 4.69) is 39.9 Å². The van der Waals surface area contributed by atoms with Crippen LogP contribution in [0.4, 0.5) is 11.1 Å². The minimum atomic E-state index is -5.27. The Morgan fingerprint density at radius 2 is 2.00 bits per heavy atom. The van der Waals surface area contributed by atoms with Gasteiger partial charge >= 0.3 is 11.9 Å². The Bertz CT molecular complexity index is 1900. The maximum absolute atomic E-state index is 13.3. The number of amides is 2. The number of oxime groups is 1. The van der Waals surface area contributed by atoms with Gasteiger partial charge in [0, 0.05) is 36.5 Å². The van der Waals surface area contributed by atoms with E-state index in [1.54, 1.807) is 30.5 Å². The third-order valence-corrected chi connectivity index (χ3v) is 8.88. The Morgan fingerprint density at radius 3 is 2.57 bits per heavy atom. The van der Waals surface area contributed by atoms with Gasteiger partial charge < -0.3 is 41.3 Å². The molecule has 20 nitrogen and oxygen atoms in total. The van der Waals surface area contributed by atoms with Crippen molar-refractivity contribution in [3.05, 3.63) is 47.7 Å². The van der Waals surface area contributed by atoms with Crippen LogP contribution in [0.3, 0.4) is 0 Å². The summed E-state index contributed by atoms with van der Waals surface area (Å²) >= 11 is 0.951. The summed E-state index contributed by atoms with van der Waals surface area (Å²) in [4.78, 5) is 51.6. The first-order valence-electron chi connectivity index (χ1n) is 15.4. The molecule has 2 fully saturated rings. The highest BCUT2D eigenvalue weighted by Gasteiger charge is 2.57.